The van der Waals surface area contributed by atoms with Crippen molar-refractivity contribution in [3.63, 3.8) is 0 Å². The average Bonchev–Trinajstić information content (AvgIpc) is 2.51. The topological polar surface area (TPSA) is 23.6 Å². The first-order chi connectivity index (χ1) is 11.0. The lowest BCUT2D eigenvalue weighted by Crippen LogP contribution is -2.36. The van der Waals surface area contributed by atoms with Crippen LogP contribution >= 0.6 is 11.6 Å². The van der Waals surface area contributed by atoms with Gasteiger partial charge in [0.25, 0.3) is 0 Å². The monoisotopic (exact) mass is 334 g/mol. The maximum Gasteiger partial charge on any atom is 0.236 e. The van der Waals surface area contributed by atoms with Crippen LogP contribution in [0.5, 0.6) is 0 Å². The quantitative estimate of drug-likeness (QED) is 0.806. The molecule has 0 aliphatic heterocycles. The minimum atomic E-state index is -0.295. The highest BCUT2D eigenvalue weighted by Crippen LogP contribution is 2.16. The van der Waals surface area contributed by atoms with E-state index in [0.717, 1.165) is 5.56 Å². The first-order valence-electron chi connectivity index (χ1n) is 7.36. The van der Waals surface area contributed by atoms with Gasteiger partial charge in [0.1, 0.15) is 5.82 Å². The van der Waals surface area contributed by atoms with E-state index in [0.29, 0.717) is 17.1 Å². The molecule has 0 fully saturated rings. The van der Waals surface area contributed by atoms with E-state index in [4.69, 9.17) is 11.6 Å². The Bertz CT molecular complexity index is 678. The Morgan fingerprint density at radius 3 is 2.26 bits per heavy atom. The normalized spacial score (nSPS) is 10.8. The van der Waals surface area contributed by atoms with Crippen LogP contribution in [0.4, 0.5) is 4.39 Å². The molecular weight excluding hydrogens is 315 g/mol. The lowest BCUT2D eigenvalue weighted by atomic mass is 10.2. The minimum absolute atomic E-state index is 0.0668. The summed E-state index contributed by atoms with van der Waals surface area (Å²) < 4.78 is 13.6. The van der Waals surface area contributed by atoms with Gasteiger partial charge >= 0.3 is 0 Å². The van der Waals surface area contributed by atoms with Crippen LogP contribution in [0.1, 0.15) is 11.1 Å². The maximum atomic E-state index is 13.6. The number of halogens is 2. The molecule has 0 N–H and O–H groups in total. The number of rotatable bonds is 6. The van der Waals surface area contributed by atoms with E-state index in [-0.39, 0.29) is 24.8 Å². The molecule has 0 saturated heterocycles. The van der Waals surface area contributed by atoms with Gasteiger partial charge in [-0.25, -0.2) is 4.39 Å². The third-order valence-electron chi connectivity index (χ3n) is 3.59. The lowest BCUT2D eigenvalue weighted by Gasteiger charge is -2.22. The van der Waals surface area contributed by atoms with Crippen molar-refractivity contribution in [2.75, 3.05) is 20.6 Å². The molecule has 122 valence electrons. The van der Waals surface area contributed by atoms with E-state index in [9.17, 15) is 9.18 Å². The minimum Gasteiger partial charge on any atom is -0.340 e. The molecule has 0 unspecified atom stereocenters. The van der Waals surface area contributed by atoms with Gasteiger partial charge in [0.05, 0.1) is 6.54 Å². The number of amides is 1. The lowest BCUT2D eigenvalue weighted by molar-refractivity contribution is -0.131. The van der Waals surface area contributed by atoms with E-state index >= 15 is 0 Å². The Kier molecular flexibility index (Phi) is 6.13. The van der Waals surface area contributed by atoms with Crippen LogP contribution in [0.2, 0.25) is 5.02 Å². The molecule has 5 heteroatoms. The molecule has 23 heavy (non-hydrogen) atoms. The number of likely N-dealkylation sites (N-methyl/N-ethyl adjacent to an activating group) is 2. The number of benzene rings is 2. The fraction of sp³-hybridized carbons (Fsp3) is 0.278. The number of hydrogen-bond acceptors (Lipinski definition) is 2. The predicted octanol–water partition coefficient (Wildman–Crippen LogP) is 3.57. The molecule has 2 aromatic rings. The predicted molar refractivity (Wildman–Crippen MR) is 90.7 cm³/mol. The summed E-state index contributed by atoms with van der Waals surface area (Å²) in [4.78, 5) is 15.7. The molecule has 0 bridgehead atoms. The molecule has 0 aliphatic rings. The number of nitrogens with zero attached hydrogens (tertiary/aromatic N) is 2. The van der Waals surface area contributed by atoms with Gasteiger partial charge in [-0.15, -0.1) is 0 Å². The van der Waals surface area contributed by atoms with Crippen molar-refractivity contribution in [3.05, 3.63) is 70.5 Å². The van der Waals surface area contributed by atoms with Crippen LogP contribution in [0.15, 0.2) is 48.5 Å². The summed E-state index contributed by atoms with van der Waals surface area (Å²) in [5, 5.41) is 0.687. The van der Waals surface area contributed by atoms with Crippen LogP contribution < -0.4 is 0 Å². The van der Waals surface area contributed by atoms with Crippen molar-refractivity contribution < 1.29 is 9.18 Å². The van der Waals surface area contributed by atoms with Gasteiger partial charge < -0.3 is 4.90 Å². The van der Waals surface area contributed by atoms with Crippen LogP contribution in [-0.4, -0.2) is 36.3 Å². The largest absolute Gasteiger partial charge is 0.340 e. The van der Waals surface area contributed by atoms with Crippen molar-refractivity contribution in [2.24, 2.45) is 0 Å². The van der Waals surface area contributed by atoms with E-state index in [1.807, 2.05) is 36.2 Å². The second-order valence-electron chi connectivity index (χ2n) is 5.60. The molecule has 1 amide bonds. The number of carbonyl (C=O) groups is 1. The van der Waals surface area contributed by atoms with Gasteiger partial charge in [-0.1, -0.05) is 48.0 Å². The van der Waals surface area contributed by atoms with Crippen molar-refractivity contribution in [1.82, 2.24) is 9.80 Å². The zero-order valence-electron chi connectivity index (χ0n) is 13.3. The molecule has 0 saturated carbocycles. The van der Waals surface area contributed by atoms with Gasteiger partial charge in [0, 0.05) is 30.7 Å². The summed E-state index contributed by atoms with van der Waals surface area (Å²) in [5.41, 5.74) is 1.48. The summed E-state index contributed by atoms with van der Waals surface area (Å²) in [6.07, 6.45) is 0. The summed E-state index contributed by atoms with van der Waals surface area (Å²) in [7, 11) is 3.54. The maximum absolute atomic E-state index is 13.6. The molecule has 0 spiro atoms. The molecular formula is C18H20ClFN2O. The third-order valence-corrected chi connectivity index (χ3v) is 3.96. The molecule has 3 nitrogen and oxygen atoms in total. The second-order valence-corrected chi connectivity index (χ2v) is 6.01. The third kappa shape index (κ3) is 5.05. The van der Waals surface area contributed by atoms with Gasteiger partial charge in [-0.2, -0.15) is 0 Å². The fourth-order valence-corrected chi connectivity index (χ4v) is 2.49. The van der Waals surface area contributed by atoms with E-state index < -0.39 is 0 Å². The highest BCUT2D eigenvalue weighted by Gasteiger charge is 2.14. The van der Waals surface area contributed by atoms with Crippen LogP contribution in [0.3, 0.4) is 0 Å². The Balaban J connectivity index is 1.90. The molecule has 2 rings (SSSR count). The fourth-order valence-electron chi connectivity index (χ4n) is 2.30. The zero-order valence-corrected chi connectivity index (χ0v) is 14.1. The second kappa shape index (κ2) is 8.09. The first-order valence-corrected chi connectivity index (χ1v) is 7.74. The molecule has 0 heterocycles. The van der Waals surface area contributed by atoms with E-state index in [1.165, 1.54) is 11.0 Å². The summed E-state index contributed by atoms with van der Waals surface area (Å²) in [6.45, 7) is 1.08. The molecule has 0 aliphatic carbocycles. The van der Waals surface area contributed by atoms with Crippen LogP contribution in [0.25, 0.3) is 0 Å². The SMILES string of the molecule is CN(CC(=O)N(C)Cc1ccccc1F)Cc1ccccc1Cl. The van der Waals surface area contributed by atoms with Crippen molar-refractivity contribution in [3.8, 4) is 0 Å². The van der Waals surface area contributed by atoms with Gasteiger partial charge in [0.15, 0.2) is 0 Å². The Morgan fingerprint density at radius 2 is 1.61 bits per heavy atom. The number of hydrogen-bond donors (Lipinski definition) is 0. The van der Waals surface area contributed by atoms with E-state index in [2.05, 4.69) is 0 Å². The van der Waals surface area contributed by atoms with Crippen molar-refractivity contribution >= 4 is 17.5 Å². The Hall–Kier alpha value is -1.91. The molecule has 0 radical (unpaired) electrons. The summed E-state index contributed by atoms with van der Waals surface area (Å²) in [5.74, 6) is -0.362. The summed E-state index contributed by atoms with van der Waals surface area (Å²) in [6, 6.07) is 14.0. The van der Waals surface area contributed by atoms with Crippen molar-refractivity contribution in [2.45, 2.75) is 13.1 Å². The smallest absolute Gasteiger partial charge is 0.236 e. The van der Waals surface area contributed by atoms with E-state index in [1.54, 1.807) is 25.2 Å². The van der Waals surface area contributed by atoms with Gasteiger partial charge in [-0.3, -0.25) is 9.69 Å². The standard InChI is InChI=1S/C18H20ClFN2O/c1-21(11-14-7-3-5-9-16(14)19)13-18(23)22(2)12-15-8-4-6-10-17(15)20/h3-10H,11-13H2,1-2H3. The molecule has 0 aromatic heterocycles. The highest BCUT2D eigenvalue weighted by atomic mass is 35.5. The number of carbonyl (C=O) groups excluding carboxylic acids is 1. The highest BCUT2D eigenvalue weighted by molar-refractivity contribution is 6.31. The zero-order chi connectivity index (χ0) is 16.8. The summed E-state index contributed by atoms with van der Waals surface area (Å²) >= 11 is 6.13. The Morgan fingerprint density at radius 1 is 1.00 bits per heavy atom. The van der Waals surface area contributed by atoms with Gasteiger partial charge in [0.2, 0.25) is 5.91 Å². The molecule has 0 atom stereocenters. The first kappa shape index (κ1) is 17.4. The molecule has 2 aromatic carbocycles. The van der Waals surface area contributed by atoms with Crippen molar-refractivity contribution in [1.29, 1.82) is 0 Å². The van der Waals surface area contributed by atoms with Crippen LogP contribution in [-0.2, 0) is 17.9 Å². The average molecular weight is 335 g/mol. The Labute approximate surface area is 141 Å². The van der Waals surface area contributed by atoms with Crippen LogP contribution in [0, 0.1) is 5.82 Å². The van der Waals surface area contributed by atoms with Gasteiger partial charge in [-0.05, 0) is 24.7 Å².